The minimum absolute atomic E-state index is 0.0273. The van der Waals surface area contributed by atoms with Gasteiger partial charge >= 0.3 is 0 Å². The zero-order chi connectivity index (χ0) is 16.3. The van der Waals surface area contributed by atoms with E-state index >= 15 is 0 Å². The standard InChI is InChI=1S/C17H29N3O3/c18-13-17(5-10-23-11-6-17)16(22)20-9-3-4-14(12-20)15(21)19-7-1-2-8-19/h14H,1-13,18H2. The maximum absolute atomic E-state index is 13.1. The summed E-state index contributed by atoms with van der Waals surface area (Å²) < 4.78 is 5.40. The normalized spacial score (nSPS) is 28.0. The number of hydrogen-bond acceptors (Lipinski definition) is 4. The van der Waals surface area contributed by atoms with Crippen molar-refractivity contribution in [3.63, 3.8) is 0 Å². The number of carbonyl (C=O) groups excluding carboxylic acids is 2. The summed E-state index contributed by atoms with van der Waals surface area (Å²) in [5.41, 5.74) is 5.49. The van der Waals surface area contributed by atoms with Gasteiger partial charge in [-0.15, -0.1) is 0 Å². The quantitative estimate of drug-likeness (QED) is 0.825. The zero-order valence-corrected chi connectivity index (χ0v) is 14.0. The highest BCUT2D eigenvalue weighted by molar-refractivity contribution is 5.85. The van der Waals surface area contributed by atoms with E-state index in [4.69, 9.17) is 10.5 Å². The van der Waals surface area contributed by atoms with E-state index in [0.29, 0.717) is 39.1 Å². The first-order valence-corrected chi connectivity index (χ1v) is 9.02. The predicted molar refractivity (Wildman–Crippen MR) is 86.7 cm³/mol. The third-order valence-electron chi connectivity index (χ3n) is 5.77. The Labute approximate surface area is 138 Å². The summed E-state index contributed by atoms with van der Waals surface area (Å²) in [5, 5.41) is 0. The molecule has 3 saturated heterocycles. The Balaban J connectivity index is 1.65. The molecule has 0 spiro atoms. The van der Waals surface area contributed by atoms with E-state index < -0.39 is 5.41 Å². The van der Waals surface area contributed by atoms with Crippen LogP contribution >= 0.6 is 0 Å². The van der Waals surface area contributed by atoms with Crippen molar-refractivity contribution < 1.29 is 14.3 Å². The highest BCUT2D eigenvalue weighted by Gasteiger charge is 2.43. The average Bonchev–Trinajstić information content (AvgIpc) is 3.15. The maximum atomic E-state index is 13.1. The number of piperidine rings is 1. The third-order valence-corrected chi connectivity index (χ3v) is 5.77. The Hall–Kier alpha value is -1.14. The molecule has 3 aliphatic heterocycles. The molecule has 0 saturated carbocycles. The second-order valence-corrected chi connectivity index (χ2v) is 7.22. The van der Waals surface area contributed by atoms with Crippen molar-refractivity contribution in [2.24, 2.45) is 17.1 Å². The fourth-order valence-corrected chi connectivity index (χ4v) is 4.16. The molecule has 0 aromatic heterocycles. The number of rotatable bonds is 3. The fourth-order valence-electron chi connectivity index (χ4n) is 4.16. The first-order chi connectivity index (χ1) is 11.2. The molecule has 3 fully saturated rings. The van der Waals surface area contributed by atoms with Crippen molar-refractivity contribution in [2.45, 2.75) is 38.5 Å². The van der Waals surface area contributed by atoms with Crippen LogP contribution in [-0.4, -0.2) is 67.6 Å². The van der Waals surface area contributed by atoms with Crippen molar-refractivity contribution in [1.29, 1.82) is 0 Å². The smallest absolute Gasteiger partial charge is 0.230 e. The van der Waals surface area contributed by atoms with E-state index in [2.05, 4.69) is 0 Å². The first kappa shape index (κ1) is 16.7. The van der Waals surface area contributed by atoms with Crippen molar-refractivity contribution in [2.75, 3.05) is 45.9 Å². The van der Waals surface area contributed by atoms with Gasteiger partial charge in [0.1, 0.15) is 0 Å². The lowest BCUT2D eigenvalue weighted by Gasteiger charge is -2.42. The Bertz CT molecular complexity index is 442. The number of carbonyl (C=O) groups is 2. The topological polar surface area (TPSA) is 75.9 Å². The van der Waals surface area contributed by atoms with Gasteiger partial charge in [-0.05, 0) is 38.5 Å². The average molecular weight is 323 g/mol. The summed E-state index contributed by atoms with van der Waals surface area (Å²) in [6.07, 6.45) is 5.42. The molecule has 3 aliphatic rings. The molecule has 6 heteroatoms. The molecule has 0 aromatic rings. The summed E-state index contributed by atoms with van der Waals surface area (Å²) in [4.78, 5) is 29.6. The molecular formula is C17H29N3O3. The zero-order valence-electron chi connectivity index (χ0n) is 14.0. The van der Waals surface area contributed by atoms with Gasteiger partial charge < -0.3 is 20.3 Å². The third kappa shape index (κ3) is 3.38. The molecule has 0 bridgehead atoms. The van der Waals surface area contributed by atoms with E-state index in [1.54, 1.807) is 0 Å². The maximum Gasteiger partial charge on any atom is 0.230 e. The fraction of sp³-hybridized carbons (Fsp3) is 0.882. The van der Waals surface area contributed by atoms with Crippen LogP contribution in [0, 0.1) is 11.3 Å². The van der Waals surface area contributed by atoms with Crippen LogP contribution in [0.3, 0.4) is 0 Å². The van der Waals surface area contributed by atoms with Crippen LogP contribution in [-0.2, 0) is 14.3 Å². The molecule has 6 nitrogen and oxygen atoms in total. The second kappa shape index (κ2) is 7.18. The highest BCUT2D eigenvalue weighted by Crippen LogP contribution is 2.33. The molecule has 0 aromatic carbocycles. The molecule has 0 aliphatic carbocycles. The predicted octanol–water partition coefficient (Wildman–Crippen LogP) is 0.603. The molecule has 1 atom stereocenters. The lowest BCUT2D eigenvalue weighted by atomic mass is 9.78. The van der Waals surface area contributed by atoms with Crippen LogP contribution in [0.15, 0.2) is 0 Å². The van der Waals surface area contributed by atoms with Crippen molar-refractivity contribution in [3.05, 3.63) is 0 Å². The van der Waals surface area contributed by atoms with Gasteiger partial charge in [-0.3, -0.25) is 9.59 Å². The Morgan fingerprint density at radius 2 is 1.70 bits per heavy atom. The van der Waals surface area contributed by atoms with Gasteiger partial charge in [0.25, 0.3) is 0 Å². The van der Waals surface area contributed by atoms with Gasteiger partial charge in [-0.25, -0.2) is 0 Å². The van der Waals surface area contributed by atoms with Gasteiger partial charge in [0.2, 0.25) is 11.8 Å². The Kier molecular flexibility index (Phi) is 5.21. The van der Waals surface area contributed by atoms with Gasteiger partial charge in [0, 0.05) is 45.9 Å². The molecular weight excluding hydrogens is 294 g/mol. The van der Waals surface area contributed by atoms with Crippen LogP contribution in [0.4, 0.5) is 0 Å². The number of likely N-dealkylation sites (tertiary alicyclic amines) is 2. The van der Waals surface area contributed by atoms with Gasteiger partial charge in [-0.2, -0.15) is 0 Å². The molecule has 2 amide bonds. The van der Waals surface area contributed by atoms with Crippen molar-refractivity contribution >= 4 is 11.8 Å². The molecule has 0 radical (unpaired) electrons. The minimum atomic E-state index is -0.475. The summed E-state index contributed by atoms with van der Waals surface area (Å²) in [5.74, 6) is 0.358. The largest absolute Gasteiger partial charge is 0.381 e. The SMILES string of the molecule is NCC1(C(=O)N2CCCC(C(=O)N3CCCC3)C2)CCOCC1. The molecule has 3 rings (SSSR count). The van der Waals surface area contributed by atoms with E-state index in [9.17, 15) is 9.59 Å². The van der Waals surface area contributed by atoms with E-state index in [0.717, 1.165) is 45.3 Å². The number of hydrogen-bond donors (Lipinski definition) is 1. The molecule has 3 heterocycles. The number of nitrogens with zero attached hydrogens (tertiary/aromatic N) is 2. The Morgan fingerprint density at radius 1 is 1.04 bits per heavy atom. The van der Waals surface area contributed by atoms with Crippen molar-refractivity contribution in [1.82, 2.24) is 9.80 Å². The van der Waals surface area contributed by atoms with Crippen LogP contribution in [0.1, 0.15) is 38.5 Å². The van der Waals surface area contributed by atoms with Crippen molar-refractivity contribution in [3.8, 4) is 0 Å². The second-order valence-electron chi connectivity index (χ2n) is 7.22. The molecule has 2 N–H and O–H groups in total. The highest BCUT2D eigenvalue weighted by atomic mass is 16.5. The first-order valence-electron chi connectivity index (χ1n) is 9.02. The summed E-state index contributed by atoms with van der Waals surface area (Å²) in [6.45, 7) is 4.67. The van der Waals surface area contributed by atoms with Gasteiger partial charge in [0.05, 0.1) is 11.3 Å². The minimum Gasteiger partial charge on any atom is -0.381 e. The van der Waals surface area contributed by atoms with Gasteiger partial charge in [-0.1, -0.05) is 0 Å². The Morgan fingerprint density at radius 3 is 2.35 bits per heavy atom. The van der Waals surface area contributed by atoms with E-state index in [1.807, 2.05) is 9.80 Å². The molecule has 1 unspecified atom stereocenters. The van der Waals surface area contributed by atoms with E-state index in [1.165, 1.54) is 0 Å². The lowest BCUT2D eigenvalue weighted by Crippen LogP contribution is -2.54. The van der Waals surface area contributed by atoms with E-state index in [-0.39, 0.29) is 17.7 Å². The summed E-state index contributed by atoms with van der Waals surface area (Å²) >= 11 is 0. The van der Waals surface area contributed by atoms with Crippen LogP contribution in [0.2, 0.25) is 0 Å². The summed E-state index contributed by atoms with van der Waals surface area (Å²) in [7, 11) is 0. The molecule has 23 heavy (non-hydrogen) atoms. The van der Waals surface area contributed by atoms with Crippen LogP contribution in [0.25, 0.3) is 0 Å². The van der Waals surface area contributed by atoms with Gasteiger partial charge in [0.15, 0.2) is 0 Å². The van der Waals surface area contributed by atoms with Crippen LogP contribution in [0.5, 0.6) is 0 Å². The molecule has 130 valence electrons. The number of amides is 2. The lowest BCUT2D eigenvalue weighted by molar-refractivity contribution is -0.151. The number of nitrogens with two attached hydrogens (primary N) is 1. The summed E-state index contributed by atoms with van der Waals surface area (Å²) in [6, 6.07) is 0. The monoisotopic (exact) mass is 323 g/mol. The number of ether oxygens (including phenoxy) is 1. The van der Waals surface area contributed by atoms with Crippen LogP contribution < -0.4 is 5.73 Å².